The van der Waals surface area contributed by atoms with Gasteiger partial charge in [0.15, 0.2) is 5.76 Å². The van der Waals surface area contributed by atoms with Gasteiger partial charge < -0.3 is 13.9 Å². The van der Waals surface area contributed by atoms with Gasteiger partial charge in [-0.25, -0.2) is 4.79 Å². The maximum atomic E-state index is 12.8. The van der Waals surface area contributed by atoms with Gasteiger partial charge in [0.2, 0.25) is 11.5 Å². The summed E-state index contributed by atoms with van der Waals surface area (Å²) in [5, 5.41) is 1.25. The number of rotatable bonds is 3. The summed E-state index contributed by atoms with van der Waals surface area (Å²) in [6.07, 6.45) is 1.72. The first-order chi connectivity index (χ1) is 15.4. The van der Waals surface area contributed by atoms with Crippen LogP contribution in [0, 0.1) is 13.8 Å². The Morgan fingerprint density at radius 3 is 2.66 bits per heavy atom. The Kier molecular flexibility index (Phi) is 4.83. The van der Waals surface area contributed by atoms with Crippen molar-refractivity contribution in [1.82, 2.24) is 0 Å². The molecule has 3 aromatic carbocycles. The Labute approximate surface area is 188 Å². The van der Waals surface area contributed by atoms with Gasteiger partial charge >= 0.3 is 5.97 Å². The van der Waals surface area contributed by atoms with E-state index in [1.54, 1.807) is 49.4 Å². The third-order valence-electron chi connectivity index (χ3n) is 5.39. The zero-order chi connectivity index (χ0) is 22.4. The monoisotopic (exact) mass is 444 g/mol. The number of halogens is 1. The fourth-order valence-electron chi connectivity index (χ4n) is 3.63. The van der Waals surface area contributed by atoms with Crippen molar-refractivity contribution >= 4 is 40.4 Å². The second kappa shape index (κ2) is 7.70. The number of carbonyl (C=O) groups is 2. The summed E-state index contributed by atoms with van der Waals surface area (Å²) in [5.74, 6) is 0.0989. The highest BCUT2D eigenvalue weighted by Crippen LogP contribution is 2.39. The minimum absolute atomic E-state index is 0.0549. The SMILES string of the molecule is Cc1ccccc1/C=C1\Oc2c(ccc(OC(=O)c3cc4cc(Cl)ccc4o3)c2C)C1=O. The summed E-state index contributed by atoms with van der Waals surface area (Å²) in [5.41, 5.74) is 3.45. The molecule has 6 heteroatoms. The van der Waals surface area contributed by atoms with Gasteiger partial charge in [0.1, 0.15) is 17.1 Å². The molecule has 1 aromatic heterocycles. The Morgan fingerprint density at radius 1 is 1.03 bits per heavy atom. The van der Waals surface area contributed by atoms with E-state index in [2.05, 4.69) is 0 Å². The van der Waals surface area contributed by atoms with Crippen LogP contribution in [0.25, 0.3) is 17.0 Å². The number of ketones is 1. The Bertz CT molecular complexity index is 1440. The first-order valence-corrected chi connectivity index (χ1v) is 10.3. The molecule has 5 rings (SSSR count). The summed E-state index contributed by atoms with van der Waals surface area (Å²) in [6, 6.07) is 17.6. The lowest BCUT2D eigenvalue weighted by Gasteiger charge is -2.09. The van der Waals surface area contributed by atoms with Crippen LogP contribution in [-0.2, 0) is 0 Å². The maximum absolute atomic E-state index is 12.8. The quantitative estimate of drug-likeness (QED) is 0.204. The number of furan rings is 1. The van der Waals surface area contributed by atoms with Gasteiger partial charge in [-0.05, 0) is 67.4 Å². The van der Waals surface area contributed by atoms with Gasteiger partial charge in [-0.3, -0.25) is 4.79 Å². The lowest BCUT2D eigenvalue weighted by Crippen LogP contribution is -2.08. The Hall–Kier alpha value is -3.83. The lowest BCUT2D eigenvalue weighted by atomic mass is 10.0. The number of hydrogen-bond donors (Lipinski definition) is 0. The molecule has 1 aliphatic heterocycles. The van der Waals surface area contributed by atoms with Gasteiger partial charge in [-0.15, -0.1) is 0 Å². The fraction of sp³-hybridized carbons (Fsp3) is 0.0769. The molecule has 32 heavy (non-hydrogen) atoms. The molecule has 0 amide bonds. The van der Waals surface area contributed by atoms with E-state index in [0.29, 0.717) is 32.9 Å². The fourth-order valence-corrected chi connectivity index (χ4v) is 3.81. The molecule has 0 saturated heterocycles. The summed E-state index contributed by atoms with van der Waals surface area (Å²) < 4.78 is 17.0. The number of ether oxygens (including phenoxy) is 2. The highest BCUT2D eigenvalue weighted by Gasteiger charge is 2.31. The summed E-state index contributed by atoms with van der Waals surface area (Å²) in [4.78, 5) is 25.5. The molecule has 158 valence electrons. The molecule has 2 heterocycles. The number of benzene rings is 3. The molecule has 0 bridgehead atoms. The minimum atomic E-state index is -0.652. The van der Waals surface area contributed by atoms with Crippen molar-refractivity contribution in [3.05, 3.63) is 99.5 Å². The molecule has 0 N–H and O–H groups in total. The number of hydrogen-bond acceptors (Lipinski definition) is 5. The zero-order valence-electron chi connectivity index (χ0n) is 17.3. The number of aryl methyl sites for hydroxylation is 1. The van der Waals surface area contributed by atoms with Gasteiger partial charge in [-0.1, -0.05) is 35.9 Å². The van der Waals surface area contributed by atoms with E-state index in [1.165, 1.54) is 0 Å². The van der Waals surface area contributed by atoms with Crippen molar-refractivity contribution in [2.24, 2.45) is 0 Å². The number of allylic oxidation sites excluding steroid dienone is 1. The normalized spacial score (nSPS) is 14.0. The summed E-state index contributed by atoms with van der Waals surface area (Å²) in [6.45, 7) is 3.71. The maximum Gasteiger partial charge on any atom is 0.379 e. The third kappa shape index (κ3) is 3.47. The molecule has 0 unspecified atom stereocenters. The lowest BCUT2D eigenvalue weighted by molar-refractivity contribution is 0.0702. The first-order valence-electron chi connectivity index (χ1n) is 9.95. The summed E-state index contributed by atoms with van der Waals surface area (Å²) in [7, 11) is 0. The van der Waals surface area contributed by atoms with E-state index in [-0.39, 0.29) is 23.1 Å². The smallest absolute Gasteiger partial charge is 0.379 e. The standard InChI is InChI=1S/C26H17ClO5/c1-14-5-3-4-6-16(14)12-22-24(28)19-8-10-20(15(2)25(19)31-22)32-26(29)23-13-17-11-18(27)7-9-21(17)30-23/h3-13H,1-2H3/b22-12-. The van der Waals surface area contributed by atoms with Crippen molar-refractivity contribution < 1.29 is 23.5 Å². The molecular weight excluding hydrogens is 428 g/mol. The Balaban J connectivity index is 1.43. The van der Waals surface area contributed by atoms with E-state index < -0.39 is 5.97 Å². The van der Waals surface area contributed by atoms with Crippen molar-refractivity contribution in [3.63, 3.8) is 0 Å². The number of Topliss-reactive ketones (excluding diaryl/α,β-unsaturated/α-hetero) is 1. The second-order valence-corrected chi connectivity index (χ2v) is 7.98. The van der Waals surface area contributed by atoms with Crippen LogP contribution >= 0.6 is 11.6 Å². The van der Waals surface area contributed by atoms with E-state index in [1.807, 2.05) is 31.2 Å². The van der Waals surface area contributed by atoms with E-state index >= 15 is 0 Å². The number of esters is 1. The second-order valence-electron chi connectivity index (χ2n) is 7.54. The minimum Gasteiger partial charge on any atom is -0.452 e. The van der Waals surface area contributed by atoms with Crippen LogP contribution in [0.3, 0.4) is 0 Å². The van der Waals surface area contributed by atoms with Crippen molar-refractivity contribution in [2.45, 2.75) is 13.8 Å². The molecule has 0 spiro atoms. The molecule has 0 fully saturated rings. The van der Waals surface area contributed by atoms with Crippen LogP contribution in [0.15, 0.2) is 70.8 Å². The number of carbonyl (C=O) groups excluding carboxylic acids is 2. The first kappa shape index (κ1) is 20.1. The molecule has 1 aliphatic rings. The van der Waals surface area contributed by atoms with Gasteiger partial charge in [0.05, 0.1) is 5.56 Å². The zero-order valence-corrected chi connectivity index (χ0v) is 18.0. The van der Waals surface area contributed by atoms with Crippen LogP contribution in [0.4, 0.5) is 0 Å². The van der Waals surface area contributed by atoms with Crippen LogP contribution in [0.5, 0.6) is 11.5 Å². The molecule has 5 nitrogen and oxygen atoms in total. The van der Waals surface area contributed by atoms with Crippen LogP contribution < -0.4 is 9.47 Å². The van der Waals surface area contributed by atoms with Crippen molar-refractivity contribution in [1.29, 1.82) is 0 Å². The van der Waals surface area contributed by atoms with E-state index in [9.17, 15) is 9.59 Å². The van der Waals surface area contributed by atoms with E-state index in [4.69, 9.17) is 25.5 Å². The van der Waals surface area contributed by atoms with Crippen molar-refractivity contribution in [2.75, 3.05) is 0 Å². The highest BCUT2D eigenvalue weighted by atomic mass is 35.5. The van der Waals surface area contributed by atoms with Gasteiger partial charge in [0.25, 0.3) is 0 Å². The van der Waals surface area contributed by atoms with Gasteiger partial charge in [-0.2, -0.15) is 0 Å². The Morgan fingerprint density at radius 2 is 1.84 bits per heavy atom. The largest absolute Gasteiger partial charge is 0.452 e. The topological polar surface area (TPSA) is 65.7 Å². The van der Waals surface area contributed by atoms with Gasteiger partial charge in [0, 0.05) is 16.0 Å². The predicted octanol–water partition coefficient (Wildman–Crippen LogP) is 6.54. The summed E-state index contributed by atoms with van der Waals surface area (Å²) >= 11 is 5.99. The molecule has 4 aromatic rings. The molecule has 0 radical (unpaired) electrons. The van der Waals surface area contributed by atoms with E-state index in [0.717, 1.165) is 11.1 Å². The predicted molar refractivity (Wildman–Crippen MR) is 121 cm³/mol. The highest BCUT2D eigenvalue weighted by molar-refractivity contribution is 6.31. The van der Waals surface area contributed by atoms with Crippen LogP contribution in [-0.4, -0.2) is 11.8 Å². The molecule has 0 atom stereocenters. The molecular formula is C26H17ClO5. The van der Waals surface area contributed by atoms with Crippen LogP contribution in [0.2, 0.25) is 5.02 Å². The third-order valence-corrected chi connectivity index (χ3v) is 5.63. The van der Waals surface area contributed by atoms with Crippen molar-refractivity contribution in [3.8, 4) is 11.5 Å². The number of fused-ring (bicyclic) bond motifs is 2. The average Bonchev–Trinajstić information content (AvgIpc) is 3.33. The van der Waals surface area contributed by atoms with Crippen LogP contribution in [0.1, 0.15) is 37.6 Å². The molecule has 0 saturated carbocycles. The average molecular weight is 445 g/mol. The molecule has 0 aliphatic carbocycles.